The number of hydrogen-bond acceptors (Lipinski definition) is 3. The molecule has 110 valence electrons. The molecule has 0 amide bonds. The van der Waals surface area contributed by atoms with E-state index in [0.717, 1.165) is 12.8 Å². The van der Waals surface area contributed by atoms with Crippen LogP contribution >= 0.6 is 23.2 Å². The molecule has 4 nitrogen and oxygen atoms in total. The molecule has 1 saturated heterocycles. The molecule has 1 heterocycles. The van der Waals surface area contributed by atoms with E-state index in [4.69, 9.17) is 28.9 Å². The Kier molecular flexibility index (Phi) is 3.75. The summed E-state index contributed by atoms with van der Waals surface area (Å²) in [6, 6.07) is 4.58. The number of benzene rings is 1. The molecule has 3 rings (SSSR count). The highest BCUT2D eigenvalue weighted by atomic mass is 35.5. The highest BCUT2D eigenvalue weighted by molar-refractivity contribution is 7.89. The number of sulfonamides is 1. The molecule has 7 heteroatoms. The van der Waals surface area contributed by atoms with Crippen LogP contribution in [0.3, 0.4) is 0 Å². The molecule has 1 saturated carbocycles. The molecule has 0 spiro atoms. The first-order chi connectivity index (χ1) is 9.39. The van der Waals surface area contributed by atoms with Crippen molar-refractivity contribution < 1.29 is 8.42 Å². The third-order valence-electron chi connectivity index (χ3n) is 4.39. The monoisotopic (exact) mass is 334 g/mol. The predicted octanol–water partition coefficient (Wildman–Crippen LogP) is 2.35. The van der Waals surface area contributed by atoms with Crippen LogP contribution in [-0.4, -0.2) is 31.9 Å². The lowest BCUT2D eigenvalue weighted by Crippen LogP contribution is -2.33. The molecule has 3 atom stereocenters. The summed E-state index contributed by atoms with van der Waals surface area (Å²) in [4.78, 5) is 0.122. The Morgan fingerprint density at radius 1 is 1.20 bits per heavy atom. The van der Waals surface area contributed by atoms with Crippen LogP contribution in [0.15, 0.2) is 23.1 Å². The smallest absolute Gasteiger partial charge is 0.244 e. The van der Waals surface area contributed by atoms with Crippen LogP contribution in [0.25, 0.3) is 0 Å². The fourth-order valence-electron chi connectivity index (χ4n) is 3.29. The normalized spacial score (nSPS) is 30.6. The van der Waals surface area contributed by atoms with Gasteiger partial charge in [-0.15, -0.1) is 0 Å². The molecule has 1 aromatic carbocycles. The molecule has 1 aliphatic heterocycles. The average Bonchev–Trinajstić information content (AvgIpc) is 2.92. The van der Waals surface area contributed by atoms with Gasteiger partial charge in [0, 0.05) is 24.2 Å². The molecular weight excluding hydrogens is 319 g/mol. The van der Waals surface area contributed by atoms with Crippen molar-refractivity contribution in [3.8, 4) is 0 Å². The van der Waals surface area contributed by atoms with Gasteiger partial charge in [-0.25, -0.2) is 8.42 Å². The van der Waals surface area contributed by atoms with Gasteiger partial charge >= 0.3 is 0 Å². The van der Waals surface area contributed by atoms with Crippen LogP contribution in [-0.2, 0) is 10.0 Å². The number of hydrogen-bond donors (Lipinski definition) is 1. The van der Waals surface area contributed by atoms with Gasteiger partial charge in [-0.3, -0.25) is 0 Å². The lowest BCUT2D eigenvalue weighted by Gasteiger charge is -2.19. The maximum Gasteiger partial charge on any atom is 0.244 e. The zero-order chi connectivity index (χ0) is 14.5. The van der Waals surface area contributed by atoms with Crippen LogP contribution in [0.1, 0.15) is 12.8 Å². The molecule has 2 aliphatic rings. The molecular formula is C13H16Cl2N2O2S. The minimum absolute atomic E-state index is 0.112. The second kappa shape index (κ2) is 5.14. The van der Waals surface area contributed by atoms with Gasteiger partial charge in [-0.2, -0.15) is 4.31 Å². The Bertz CT molecular complexity index is 635. The zero-order valence-corrected chi connectivity index (χ0v) is 13.1. The van der Waals surface area contributed by atoms with Gasteiger partial charge < -0.3 is 5.73 Å². The van der Waals surface area contributed by atoms with E-state index in [1.807, 2.05) is 0 Å². The molecule has 1 aliphatic carbocycles. The van der Waals surface area contributed by atoms with Gasteiger partial charge in [0.1, 0.15) is 4.90 Å². The van der Waals surface area contributed by atoms with Crippen LogP contribution in [0, 0.1) is 11.8 Å². The fourth-order valence-corrected chi connectivity index (χ4v) is 5.57. The lowest BCUT2D eigenvalue weighted by molar-refractivity contribution is 0.427. The first-order valence-electron chi connectivity index (χ1n) is 6.60. The van der Waals surface area contributed by atoms with Crippen molar-refractivity contribution in [2.24, 2.45) is 17.6 Å². The molecule has 2 fully saturated rings. The summed E-state index contributed by atoms with van der Waals surface area (Å²) < 4.78 is 26.8. The number of nitrogens with zero attached hydrogens (tertiary/aromatic N) is 1. The maximum atomic E-state index is 12.7. The summed E-state index contributed by atoms with van der Waals surface area (Å²) in [6.45, 7) is 1.03. The van der Waals surface area contributed by atoms with Gasteiger partial charge in [0.2, 0.25) is 10.0 Å². The SMILES string of the molecule is NC1CCC2CN(S(=O)(=O)c3ccc(Cl)cc3Cl)CC12. The van der Waals surface area contributed by atoms with E-state index >= 15 is 0 Å². The van der Waals surface area contributed by atoms with Crippen LogP contribution < -0.4 is 5.73 Å². The number of nitrogens with two attached hydrogens (primary N) is 1. The molecule has 0 radical (unpaired) electrons. The average molecular weight is 335 g/mol. The van der Waals surface area contributed by atoms with Crippen molar-refractivity contribution in [2.45, 2.75) is 23.8 Å². The van der Waals surface area contributed by atoms with E-state index in [1.54, 1.807) is 6.07 Å². The fraction of sp³-hybridized carbons (Fsp3) is 0.538. The number of rotatable bonds is 2. The minimum Gasteiger partial charge on any atom is -0.327 e. The van der Waals surface area contributed by atoms with E-state index in [2.05, 4.69) is 0 Å². The first-order valence-corrected chi connectivity index (χ1v) is 8.80. The predicted molar refractivity (Wildman–Crippen MR) is 79.4 cm³/mol. The lowest BCUT2D eigenvalue weighted by atomic mass is 9.98. The largest absolute Gasteiger partial charge is 0.327 e. The van der Waals surface area contributed by atoms with Crippen molar-refractivity contribution in [1.82, 2.24) is 4.31 Å². The molecule has 3 unspecified atom stereocenters. The first kappa shape index (κ1) is 14.6. The zero-order valence-electron chi connectivity index (χ0n) is 10.8. The Balaban J connectivity index is 1.90. The minimum atomic E-state index is -3.56. The highest BCUT2D eigenvalue weighted by Gasteiger charge is 2.45. The standard InChI is InChI=1S/C13H16Cl2N2O2S/c14-9-2-4-13(11(15)5-9)20(18,19)17-6-8-1-3-12(16)10(8)7-17/h2,4-5,8,10,12H,1,3,6-7,16H2. The summed E-state index contributed by atoms with van der Waals surface area (Å²) >= 11 is 11.8. The maximum absolute atomic E-state index is 12.7. The molecule has 0 bridgehead atoms. The Labute approximate surface area is 128 Å². The third-order valence-corrected chi connectivity index (χ3v) is 6.94. The van der Waals surface area contributed by atoms with Gasteiger partial charge in [0.15, 0.2) is 0 Å². The topological polar surface area (TPSA) is 63.4 Å². The number of fused-ring (bicyclic) bond motifs is 1. The van der Waals surface area contributed by atoms with Crippen LogP contribution in [0.5, 0.6) is 0 Å². The summed E-state index contributed by atoms with van der Waals surface area (Å²) in [6.07, 6.45) is 2.00. The highest BCUT2D eigenvalue weighted by Crippen LogP contribution is 2.40. The van der Waals surface area contributed by atoms with E-state index in [9.17, 15) is 8.42 Å². The van der Waals surface area contributed by atoms with E-state index in [1.165, 1.54) is 16.4 Å². The summed E-state index contributed by atoms with van der Waals surface area (Å²) in [7, 11) is -3.56. The second-order valence-electron chi connectivity index (χ2n) is 5.56. The Morgan fingerprint density at radius 3 is 2.60 bits per heavy atom. The van der Waals surface area contributed by atoms with Crippen molar-refractivity contribution in [1.29, 1.82) is 0 Å². The summed E-state index contributed by atoms with van der Waals surface area (Å²) in [5.74, 6) is 0.654. The summed E-state index contributed by atoms with van der Waals surface area (Å²) in [5.41, 5.74) is 6.05. The third kappa shape index (κ3) is 2.35. The molecule has 1 aromatic rings. The van der Waals surface area contributed by atoms with Gasteiger partial charge in [-0.1, -0.05) is 23.2 Å². The Morgan fingerprint density at radius 2 is 1.95 bits per heavy atom. The van der Waals surface area contributed by atoms with Crippen molar-refractivity contribution in [3.63, 3.8) is 0 Å². The molecule has 20 heavy (non-hydrogen) atoms. The van der Waals surface area contributed by atoms with E-state index < -0.39 is 10.0 Å². The van der Waals surface area contributed by atoms with Crippen LogP contribution in [0.2, 0.25) is 10.0 Å². The van der Waals surface area contributed by atoms with Gasteiger partial charge in [0.25, 0.3) is 0 Å². The van der Waals surface area contributed by atoms with Crippen molar-refractivity contribution in [3.05, 3.63) is 28.2 Å². The van der Waals surface area contributed by atoms with Gasteiger partial charge in [0.05, 0.1) is 5.02 Å². The van der Waals surface area contributed by atoms with E-state index in [-0.39, 0.29) is 21.9 Å². The summed E-state index contributed by atoms with van der Waals surface area (Å²) in [5, 5.41) is 0.591. The van der Waals surface area contributed by atoms with Crippen molar-refractivity contribution in [2.75, 3.05) is 13.1 Å². The quantitative estimate of drug-likeness (QED) is 0.902. The second-order valence-corrected chi connectivity index (χ2v) is 8.31. The van der Waals surface area contributed by atoms with Gasteiger partial charge in [-0.05, 0) is 42.9 Å². The van der Waals surface area contributed by atoms with Crippen LogP contribution in [0.4, 0.5) is 0 Å². The Hall–Kier alpha value is -0.330. The molecule has 0 aromatic heterocycles. The van der Waals surface area contributed by atoms with Crippen molar-refractivity contribution >= 4 is 33.2 Å². The number of halogens is 2. The molecule has 2 N–H and O–H groups in total. The van der Waals surface area contributed by atoms with E-state index in [0.29, 0.717) is 24.0 Å².